The van der Waals surface area contributed by atoms with E-state index in [2.05, 4.69) is 53.7 Å². The second-order valence-corrected chi connectivity index (χ2v) is 13.1. The van der Waals surface area contributed by atoms with Crippen LogP contribution >= 0.6 is 0 Å². The summed E-state index contributed by atoms with van der Waals surface area (Å²) in [4.78, 5) is 12.7. The van der Waals surface area contributed by atoms with Crippen LogP contribution in [-0.2, 0) is 16.0 Å². The zero-order chi connectivity index (χ0) is 27.5. The van der Waals surface area contributed by atoms with Crippen LogP contribution in [-0.4, -0.2) is 22.8 Å². The summed E-state index contributed by atoms with van der Waals surface area (Å²) in [6.45, 7) is 20.3. The fraction of sp³-hybridized carbons (Fsp3) is 0.581. The Kier molecular flexibility index (Phi) is 9.07. The highest BCUT2D eigenvalue weighted by Gasteiger charge is 2.31. The quantitative estimate of drug-likeness (QED) is 0.285. The third-order valence-corrected chi connectivity index (χ3v) is 6.27. The zero-order valence-electron chi connectivity index (χ0n) is 23.9. The van der Waals surface area contributed by atoms with Crippen molar-refractivity contribution in [3.8, 4) is 11.5 Å². The fourth-order valence-corrected chi connectivity index (χ4v) is 4.36. The van der Waals surface area contributed by atoms with Crippen LogP contribution in [0.4, 0.5) is 0 Å². The van der Waals surface area contributed by atoms with E-state index in [9.17, 15) is 15.0 Å². The molecule has 0 aliphatic carbocycles. The first-order valence-electron chi connectivity index (χ1n) is 12.8. The average molecular weight is 499 g/mol. The van der Waals surface area contributed by atoms with Crippen LogP contribution in [0.25, 0.3) is 0 Å². The van der Waals surface area contributed by atoms with E-state index in [0.29, 0.717) is 22.8 Å². The molecule has 5 nitrogen and oxygen atoms in total. The highest BCUT2D eigenvalue weighted by molar-refractivity contribution is 5.74. The first-order chi connectivity index (χ1) is 16.3. The van der Waals surface area contributed by atoms with Gasteiger partial charge in [-0.15, -0.1) is 0 Å². The van der Waals surface area contributed by atoms with Gasteiger partial charge in [-0.05, 0) is 68.6 Å². The molecule has 0 radical (unpaired) electrons. The minimum absolute atomic E-state index is 0.0296. The average Bonchev–Trinajstić information content (AvgIpc) is 2.70. The molecular formula is C31H46O5. The van der Waals surface area contributed by atoms with E-state index in [1.807, 2.05) is 12.1 Å². The van der Waals surface area contributed by atoms with Gasteiger partial charge in [0, 0.05) is 11.1 Å². The molecule has 200 valence electrons. The summed E-state index contributed by atoms with van der Waals surface area (Å²) in [6, 6.07) is 13.3. The Morgan fingerprint density at radius 2 is 1.31 bits per heavy atom. The molecule has 0 spiro atoms. The van der Waals surface area contributed by atoms with Gasteiger partial charge in [-0.25, -0.2) is 0 Å². The number of para-hydroxylation sites is 1. The number of esters is 1. The van der Waals surface area contributed by atoms with Crippen molar-refractivity contribution in [1.29, 1.82) is 0 Å². The van der Waals surface area contributed by atoms with Crippen LogP contribution in [0.1, 0.15) is 105 Å². The lowest BCUT2D eigenvalue weighted by Gasteiger charge is -2.36. The fourth-order valence-electron chi connectivity index (χ4n) is 4.36. The maximum atomic E-state index is 12.7. The molecule has 5 heteroatoms. The number of benzene rings is 2. The third-order valence-electron chi connectivity index (χ3n) is 6.27. The second-order valence-electron chi connectivity index (χ2n) is 13.1. The van der Waals surface area contributed by atoms with Gasteiger partial charge in [0.15, 0.2) is 0 Å². The molecule has 2 aromatic carbocycles. The van der Waals surface area contributed by atoms with Gasteiger partial charge in [-0.2, -0.15) is 0 Å². The lowest BCUT2D eigenvalue weighted by Crippen LogP contribution is -2.25. The normalized spacial score (nSPS) is 13.9. The number of hydrogen-bond acceptors (Lipinski definition) is 5. The maximum absolute atomic E-state index is 12.7. The molecule has 1 atom stereocenters. The van der Waals surface area contributed by atoms with Crippen molar-refractivity contribution in [3.05, 3.63) is 59.2 Å². The topological polar surface area (TPSA) is 76.0 Å². The molecule has 2 aromatic rings. The van der Waals surface area contributed by atoms with Crippen LogP contribution in [0.5, 0.6) is 11.5 Å². The molecular weight excluding hydrogens is 452 g/mol. The van der Waals surface area contributed by atoms with Crippen molar-refractivity contribution < 1.29 is 24.5 Å². The Morgan fingerprint density at radius 3 is 1.72 bits per heavy atom. The van der Waals surface area contributed by atoms with Gasteiger partial charge < -0.3 is 19.7 Å². The Bertz CT molecular complexity index is 977. The molecule has 0 aliphatic heterocycles. The predicted molar refractivity (Wildman–Crippen MR) is 145 cm³/mol. The molecule has 2 N–H and O–H groups in total. The van der Waals surface area contributed by atoms with Gasteiger partial charge in [0.1, 0.15) is 11.5 Å². The molecule has 0 saturated carbocycles. The van der Waals surface area contributed by atoms with Crippen molar-refractivity contribution in [2.24, 2.45) is 10.8 Å². The molecule has 0 aliphatic rings. The monoisotopic (exact) mass is 498 g/mol. The van der Waals surface area contributed by atoms with Gasteiger partial charge in [0.2, 0.25) is 0 Å². The first kappa shape index (κ1) is 29.9. The van der Waals surface area contributed by atoms with Crippen molar-refractivity contribution in [3.63, 3.8) is 0 Å². The summed E-state index contributed by atoms with van der Waals surface area (Å²) in [7, 11) is 0. The second kappa shape index (κ2) is 10.9. The summed E-state index contributed by atoms with van der Waals surface area (Å²) >= 11 is 0. The van der Waals surface area contributed by atoms with E-state index in [1.165, 1.54) is 5.56 Å². The van der Waals surface area contributed by atoms with Crippen LogP contribution in [0, 0.1) is 10.8 Å². The lowest BCUT2D eigenvalue weighted by molar-refractivity contribution is -0.135. The third kappa shape index (κ3) is 8.63. The standard InChI is InChI=1S/C31H46O5/c1-28(2,3)20-25(29(4,5)6)21-14-16-22(17-15-21)35-19-18-26(32)36-27-23(30(7,8)33)12-11-13-24(27)31(9,10)34/h11-17,25,33-34H,18-20H2,1-10H3. The highest BCUT2D eigenvalue weighted by Crippen LogP contribution is 2.43. The predicted octanol–water partition coefficient (Wildman–Crippen LogP) is 7.08. The molecule has 0 saturated heterocycles. The minimum atomic E-state index is -1.24. The summed E-state index contributed by atoms with van der Waals surface area (Å²) in [5.74, 6) is 0.817. The summed E-state index contributed by atoms with van der Waals surface area (Å²) < 4.78 is 11.5. The number of aliphatic hydroxyl groups is 2. The number of rotatable bonds is 9. The highest BCUT2D eigenvalue weighted by atomic mass is 16.5. The minimum Gasteiger partial charge on any atom is -0.493 e. The van der Waals surface area contributed by atoms with Crippen LogP contribution in [0.3, 0.4) is 0 Å². The largest absolute Gasteiger partial charge is 0.493 e. The molecule has 0 heterocycles. The van der Waals surface area contributed by atoms with Gasteiger partial charge in [-0.1, -0.05) is 71.9 Å². The number of carbonyl (C=O) groups excluding carboxylic acids is 1. The van der Waals surface area contributed by atoms with E-state index in [0.717, 1.165) is 6.42 Å². The Labute approximate surface area is 217 Å². The van der Waals surface area contributed by atoms with E-state index < -0.39 is 17.2 Å². The van der Waals surface area contributed by atoms with E-state index in [4.69, 9.17) is 9.47 Å². The van der Waals surface area contributed by atoms with Gasteiger partial charge in [0.25, 0.3) is 0 Å². The van der Waals surface area contributed by atoms with Gasteiger partial charge in [-0.3, -0.25) is 4.79 Å². The van der Waals surface area contributed by atoms with Crippen molar-refractivity contribution in [2.75, 3.05) is 6.61 Å². The molecule has 0 fully saturated rings. The SMILES string of the molecule is CC(C)(C)CC(c1ccc(OCCC(=O)Oc2c(C(C)(C)O)cccc2C(C)(C)O)cc1)C(C)(C)C. The van der Waals surface area contributed by atoms with Crippen molar-refractivity contribution in [2.45, 2.75) is 99.2 Å². The molecule has 36 heavy (non-hydrogen) atoms. The maximum Gasteiger partial charge on any atom is 0.314 e. The summed E-state index contributed by atoms with van der Waals surface area (Å²) in [6.07, 6.45) is 1.11. The van der Waals surface area contributed by atoms with Crippen LogP contribution in [0.15, 0.2) is 42.5 Å². The molecule has 0 aromatic heterocycles. The number of ether oxygens (including phenoxy) is 2. The first-order valence-corrected chi connectivity index (χ1v) is 12.8. The van der Waals surface area contributed by atoms with Crippen LogP contribution in [0.2, 0.25) is 0 Å². The van der Waals surface area contributed by atoms with Gasteiger partial charge >= 0.3 is 5.97 Å². The van der Waals surface area contributed by atoms with E-state index >= 15 is 0 Å². The Balaban J connectivity index is 2.08. The van der Waals surface area contributed by atoms with Crippen molar-refractivity contribution >= 4 is 5.97 Å². The van der Waals surface area contributed by atoms with Crippen LogP contribution < -0.4 is 9.47 Å². The lowest BCUT2D eigenvalue weighted by atomic mass is 9.69. The van der Waals surface area contributed by atoms with E-state index in [1.54, 1.807) is 45.9 Å². The summed E-state index contributed by atoms with van der Waals surface area (Å²) in [5, 5.41) is 21.1. The molecule has 1 unspecified atom stereocenters. The number of carbonyl (C=O) groups is 1. The van der Waals surface area contributed by atoms with E-state index in [-0.39, 0.29) is 29.6 Å². The smallest absolute Gasteiger partial charge is 0.314 e. The Hall–Kier alpha value is -2.37. The zero-order valence-corrected chi connectivity index (χ0v) is 23.9. The molecule has 0 bridgehead atoms. The number of hydrogen-bond donors (Lipinski definition) is 2. The Morgan fingerprint density at radius 1 is 0.806 bits per heavy atom. The molecule has 2 rings (SSSR count). The van der Waals surface area contributed by atoms with Gasteiger partial charge in [0.05, 0.1) is 24.2 Å². The van der Waals surface area contributed by atoms with Crippen molar-refractivity contribution in [1.82, 2.24) is 0 Å². The summed E-state index contributed by atoms with van der Waals surface area (Å²) in [5.41, 5.74) is 0.0430. The molecule has 0 amide bonds.